The van der Waals surface area contributed by atoms with E-state index in [0.29, 0.717) is 45.0 Å². The van der Waals surface area contributed by atoms with E-state index < -0.39 is 5.56 Å². The first-order chi connectivity index (χ1) is 16.8. The highest BCUT2D eigenvalue weighted by Crippen LogP contribution is 2.36. The lowest BCUT2D eigenvalue weighted by Crippen LogP contribution is -2.28. The number of hydrogen-bond acceptors (Lipinski definition) is 7. The van der Waals surface area contributed by atoms with Gasteiger partial charge in [-0.3, -0.25) is 19.1 Å². The van der Waals surface area contributed by atoms with Gasteiger partial charge in [0.25, 0.3) is 11.5 Å². The lowest BCUT2D eigenvalue weighted by Gasteiger charge is -2.19. The van der Waals surface area contributed by atoms with E-state index in [0.717, 1.165) is 17.3 Å². The zero-order valence-electron chi connectivity index (χ0n) is 19.0. The average molecular weight is 509 g/mol. The van der Waals surface area contributed by atoms with Gasteiger partial charge in [0.2, 0.25) is 0 Å². The monoisotopic (exact) mass is 508 g/mol. The largest absolute Gasteiger partial charge is 0.467 e. The molecule has 3 heterocycles. The zero-order valence-corrected chi connectivity index (χ0v) is 20.6. The Morgan fingerprint density at radius 2 is 2.00 bits per heavy atom. The number of furan rings is 1. The fourth-order valence-electron chi connectivity index (χ4n) is 3.77. The molecule has 1 N–H and O–H groups in total. The zero-order chi connectivity index (χ0) is 25.1. The number of nitrogens with one attached hydrogen (secondary N) is 1. The number of thiocarbonyl (C=S) groups is 1. The van der Waals surface area contributed by atoms with E-state index in [4.69, 9.17) is 16.6 Å². The topological polar surface area (TPSA) is 91.3 Å². The quantitative estimate of drug-likeness (QED) is 0.362. The van der Waals surface area contributed by atoms with Crippen molar-refractivity contribution < 1.29 is 13.6 Å². The van der Waals surface area contributed by atoms with Gasteiger partial charge in [0, 0.05) is 18.7 Å². The molecule has 0 spiro atoms. The lowest BCUT2D eigenvalue weighted by atomic mass is 10.0. The van der Waals surface area contributed by atoms with Crippen molar-refractivity contribution in [2.24, 2.45) is 0 Å². The molecule has 35 heavy (non-hydrogen) atoms. The van der Waals surface area contributed by atoms with E-state index >= 15 is 0 Å². The normalized spacial score (nSPS) is 14.6. The molecule has 178 valence electrons. The number of nitriles is 1. The Morgan fingerprint density at radius 3 is 2.63 bits per heavy atom. The number of rotatable bonds is 7. The van der Waals surface area contributed by atoms with E-state index in [1.165, 1.54) is 27.9 Å². The minimum Gasteiger partial charge on any atom is -0.467 e. The summed E-state index contributed by atoms with van der Waals surface area (Å²) in [6.45, 7) is 4.30. The van der Waals surface area contributed by atoms with Crippen molar-refractivity contribution in [2.75, 3.05) is 5.32 Å². The van der Waals surface area contributed by atoms with Crippen molar-refractivity contribution in [3.8, 4) is 6.07 Å². The first-order valence-corrected chi connectivity index (χ1v) is 12.0. The third-order valence-corrected chi connectivity index (χ3v) is 6.99. The highest BCUT2D eigenvalue weighted by Gasteiger charge is 2.33. The minimum atomic E-state index is -0.420. The van der Waals surface area contributed by atoms with Gasteiger partial charge in [-0.1, -0.05) is 36.1 Å². The molecule has 0 unspecified atom stereocenters. The fourth-order valence-corrected chi connectivity index (χ4v) is 5.01. The molecular weight excluding hydrogens is 487 g/mol. The van der Waals surface area contributed by atoms with Gasteiger partial charge >= 0.3 is 0 Å². The van der Waals surface area contributed by atoms with Crippen LogP contribution in [0.2, 0.25) is 0 Å². The van der Waals surface area contributed by atoms with Crippen molar-refractivity contribution >= 4 is 46.1 Å². The standard InChI is InChI=1S/C25H21FN4O3S2/c1-3-29-22(28-13-16-6-8-17(26)9-7-16)19(15(2)20(12-27)23(29)31)11-21-24(32)30(25(34)35-21)14-18-5-4-10-33-18/h4-11,28H,3,13-14H2,1-2H3/b21-11+. The Labute approximate surface area is 210 Å². The van der Waals surface area contributed by atoms with Gasteiger partial charge in [-0.2, -0.15) is 5.26 Å². The SMILES string of the molecule is CCn1c(NCc2ccc(F)cc2)c(/C=C2/SC(=S)N(Cc3ccco3)C2=O)c(C)c(C#N)c1=O. The number of benzene rings is 1. The molecule has 1 saturated heterocycles. The molecule has 1 amide bonds. The molecule has 2 aromatic heterocycles. The maximum atomic E-state index is 13.3. The predicted molar refractivity (Wildman–Crippen MR) is 137 cm³/mol. The Kier molecular flexibility index (Phi) is 7.19. The summed E-state index contributed by atoms with van der Waals surface area (Å²) in [5.74, 6) is 0.444. The lowest BCUT2D eigenvalue weighted by molar-refractivity contribution is -0.122. The van der Waals surface area contributed by atoms with Crippen LogP contribution in [-0.4, -0.2) is 19.7 Å². The number of amides is 1. The second-order valence-corrected chi connectivity index (χ2v) is 9.43. The summed E-state index contributed by atoms with van der Waals surface area (Å²) >= 11 is 6.58. The van der Waals surface area contributed by atoms with E-state index in [1.807, 2.05) is 6.07 Å². The van der Waals surface area contributed by atoms with Crippen molar-refractivity contribution in [1.82, 2.24) is 9.47 Å². The molecule has 0 bridgehead atoms. The van der Waals surface area contributed by atoms with Crippen LogP contribution in [0.5, 0.6) is 0 Å². The minimum absolute atomic E-state index is 0.0106. The van der Waals surface area contributed by atoms with Crippen LogP contribution in [0.1, 0.15) is 34.9 Å². The highest BCUT2D eigenvalue weighted by molar-refractivity contribution is 8.26. The molecule has 0 aliphatic carbocycles. The van der Waals surface area contributed by atoms with Gasteiger partial charge in [-0.15, -0.1) is 0 Å². The van der Waals surface area contributed by atoms with Gasteiger partial charge in [0.05, 0.1) is 17.7 Å². The van der Waals surface area contributed by atoms with Gasteiger partial charge in [0.15, 0.2) is 0 Å². The third kappa shape index (κ3) is 4.92. The number of carbonyl (C=O) groups excluding carboxylic acids is 1. The summed E-state index contributed by atoms with van der Waals surface area (Å²) in [5.41, 5.74) is 1.40. The summed E-state index contributed by atoms with van der Waals surface area (Å²) in [4.78, 5) is 28.0. The number of aromatic nitrogens is 1. The van der Waals surface area contributed by atoms with Gasteiger partial charge in [-0.25, -0.2) is 4.39 Å². The van der Waals surface area contributed by atoms with E-state index in [2.05, 4.69) is 5.32 Å². The number of halogens is 1. The van der Waals surface area contributed by atoms with E-state index in [1.54, 1.807) is 44.2 Å². The van der Waals surface area contributed by atoms with Crippen LogP contribution in [0.25, 0.3) is 6.08 Å². The Bertz CT molecular complexity index is 1420. The van der Waals surface area contributed by atoms with Crippen LogP contribution in [0.4, 0.5) is 10.2 Å². The molecule has 4 rings (SSSR count). The molecule has 10 heteroatoms. The van der Waals surface area contributed by atoms with Crippen LogP contribution in [0.15, 0.2) is 56.8 Å². The summed E-state index contributed by atoms with van der Waals surface area (Å²) in [6, 6.07) is 11.5. The molecule has 0 saturated carbocycles. The average Bonchev–Trinajstić information content (AvgIpc) is 3.45. The number of carbonyl (C=O) groups is 1. The van der Waals surface area contributed by atoms with Crippen molar-refractivity contribution in [3.05, 3.63) is 91.8 Å². The second-order valence-electron chi connectivity index (χ2n) is 7.75. The molecule has 0 radical (unpaired) electrons. The molecule has 1 aliphatic heterocycles. The van der Waals surface area contributed by atoms with Crippen molar-refractivity contribution in [3.63, 3.8) is 0 Å². The molecule has 1 aromatic carbocycles. The first-order valence-electron chi connectivity index (χ1n) is 10.8. The number of nitrogens with zero attached hydrogens (tertiary/aromatic N) is 3. The maximum Gasteiger partial charge on any atom is 0.270 e. The fraction of sp³-hybridized carbons (Fsp3) is 0.200. The molecular formula is C25H21FN4O3S2. The molecule has 0 atom stereocenters. The predicted octanol–water partition coefficient (Wildman–Crippen LogP) is 4.79. The highest BCUT2D eigenvalue weighted by atomic mass is 32.2. The third-order valence-electron chi connectivity index (χ3n) is 5.61. The van der Waals surface area contributed by atoms with E-state index in [-0.39, 0.29) is 23.8 Å². The number of anilines is 1. The smallest absolute Gasteiger partial charge is 0.270 e. The maximum absolute atomic E-state index is 13.3. The van der Waals surface area contributed by atoms with Crippen LogP contribution < -0.4 is 10.9 Å². The van der Waals surface area contributed by atoms with Crippen molar-refractivity contribution in [2.45, 2.75) is 33.5 Å². The Hall–Kier alpha value is -3.68. The van der Waals surface area contributed by atoms with Crippen LogP contribution in [0.3, 0.4) is 0 Å². The number of hydrogen-bond donors (Lipinski definition) is 1. The van der Waals surface area contributed by atoms with Crippen LogP contribution in [-0.2, 0) is 24.4 Å². The second kappa shape index (κ2) is 10.3. The van der Waals surface area contributed by atoms with Crippen LogP contribution >= 0.6 is 24.0 Å². The number of pyridine rings is 1. The molecule has 1 aliphatic rings. The summed E-state index contributed by atoms with van der Waals surface area (Å²) < 4.78 is 20.5. The van der Waals surface area contributed by atoms with Gasteiger partial charge < -0.3 is 9.73 Å². The van der Waals surface area contributed by atoms with E-state index in [9.17, 15) is 19.2 Å². The van der Waals surface area contributed by atoms with Gasteiger partial charge in [0.1, 0.15) is 33.3 Å². The van der Waals surface area contributed by atoms with Crippen molar-refractivity contribution in [1.29, 1.82) is 5.26 Å². The first kappa shape index (κ1) is 24.4. The van der Waals surface area contributed by atoms with Gasteiger partial charge in [-0.05, 0) is 55.3 Å². The van der Waals surface area contributed by atoms with Crippen LogP contribution in [0, 0.1) is 24.1 Å². The molecule has 1 fully saturated rings. The molecule has 7 nitrogen and oxygen atoms in total. The summed E-state index contributed by atoms with van der Waals surface area (Å²) in [5, 5.41) is 12.9. The summed E-state index contributed by atoms with van der Waals surface area (Å²) in [7, 11) is 0. The Morgan fingerprint density at radius 1 is 1.26 bits per heavy atom. The Balaban J connectivity index is 1.76. The summed E-state index contributed by atoms with van der Waals surface area (Å²) in [6.07, 6.45) is 3.19. The number of thioether (sulfide) groups is 1. The molecule has 3 aromatic rings.